The van der Waals surface area contributed by atoms with E-state index in [2.05, 4.69) is 4.74 Å². The quantitative estimate of drug-likeness (QED) is 0.789. The zero-order valence-corrected chi connectivity index (χ0v) is 10.00. The van der Waals surface area contributed by atoms with Gasteiger partial charge in [-0.05, 0) is 6.07 Å². The van der Waals surface area contributed by atoms with Crippen LogP contribution in [0.5, 0.6) is 5.75 Å². The third-order valence-electron chi connectivity index (χ3n) is 2.60. The van der Waals surface area contributed by atoms with E-state index in [-0.39, 0.29) is 22.3 Å². The van der Waals surface area contributed by atoms with Crippen molar-refractivity contribution in [3.8, 4) is 5.75 Å². The van der Waals surface area contributed by atoms with Gasteiger partial charge in [-0.1, -0.05) is 0 Å². The predicted molar refractivity (Wildman–Crippen MR) is 59.1 cm³/mol. The Hall–Kier alpha value is -2.18. The lowest BCUT2D eigenvalue weighted by Crippen LogP contribution is -2.08. The third-order valence-corrected chi connectivity index (χ3v) is 2.60. The minimum absolute atomic E-state index is 0.0907. The number of methoxy groups -OCH3 is 2. The summed E-state index contributed by atoms with van der Waals surface area (Å²) in [6.07, 6.45) is -4.06. The summed E-state index contributed by atoms with van der Waals surface area (Å²) >= 11 is 0. The van der Waals surface area contributed by atoms with Gasteiger partial charge in [0.25, 0.3) is 0 Å². The van der Waals surface area contributed by atoms with Crippen molar-refractivity contribution in [2.24, 2.45) is 0 Å². The van der Waals surface area contributed by atoms with Crippen molar-refractivity contribution in [1.29, 1.82) is 0 Å². The number of carbonyl (C=O) groups is 1. The zero-order valence-electron chi connectivity index (χ0n) is 10.00. The van der Waals surface area contributed by atoms with Crippen molar-refractivity contribution in [1.82, 2.24) is 0 Å². The van der Waals surface area contributed by atoms with Crippen LogP contribution in [0, 0.1) is 0 Å². The SMILES string of the molecule is COC(=O)c1cc(OC)cc2occ(C(F)(F)F)c12. The van der Waals surface area contributed by atoms with E-state index in [0.29, 0.717) is 6.26 Å². The molecule has 0 spiro atoms. The summed E-state index contributed by atoms with van der Waals surface area (Å²) in [5.74, 6) is -0.688. The van der Waals surface area contributed by atoms with Crippen LogP contribution in [0.25, 0.3) is 11.0 Å². The molecule has 2 rings (SSSR count). The number of alkyl halides is 3. The van der Waals surface area contributed by atoms with E-state index in [4.69, 9.17) is 9.15 Å². The van der Waals surface area contributed by atoms with Crippen LogP contribution in [0.1, 0.15) is 15.9 Å². The topological polar surface area (TPSA) is 48.7 Å². The first-order chi connectivity index (χ1) is 8.88. The normalized spacial score (nSPS) is 11.6. The molecular weight excluding hydrogens is 265 g/mol. The molecule has 19 heavy (non-hydrogen) atoms. The van der Waals surface area contributed by atoms with Gasteiger partial charge >= 0.3 is 12.1 Å². The van der Waals surface area contributed by atoms with E-state index < -0.39 is 17.7 Å². The average molecular weight is 274 g/mol. The number of esters is 1. The molecule has 0 saturated carbocycles. The maximum Gasteiger partial charge on any atom is 0.420 e. The zero-order chi connectivity index (χ0) is 14.2. The van der Waals surface area contributed by atoms with E-state index in [9.17, 15) is 18.0 Å². The first kappa shape index (κ1) is 13.3. The molecule has 0 amide bonds. The number of halogens is 3. The van der Waals surface area contributed by atoms with Crippen molar-refractivity contribution in [3.05, 3.63) is 29.5 Å². The fourth-order valence-corrected chi connectivity index (χ4v) is 1.74. The highest BCUT2D eigenvalue weighted by Gasteiger charge is 2.36. The minimum Gasteiger partial charge on any atom is -0.497 e. The van der Waals surface area contributed by atoms with Crippen LogP contribution in [0.4, 0.5) is 13.2 Å². The van der Waals surface area contributed by atoms with Gasteiger partial charge in [-0.3, -0.25) is 0 Å². The van der Waals surface area contributed by atoms with Crippen LogP contribution in [-0.2, 0) is 10.9 Å². The van der Waals surface area contributed by atoms with Crippen LogP contribution in [0.2, 0.25) is 0 Å². The second-order valence-corrected chi connectivity index (χ2v) is 3.69. The van der Waals surface area contributed by atoms with E-state index in [1.165, 1.54) is 19.2 Å². The van der Waals surface area contributed by atoms with Crippen molar-refractivity contribution in [2.45, 2.75) is 6.18 Å². The van der Waals surface area contributed by atoms with Gasteiger partial charge in [0.2, 0.25) is 0 Å². The molecule has 0 saturated heterocycles. The summed E-state index contributed by atoms with van der Waals surface area (Å²) in [6.45, 7) is 0. The van der Waals surface area contributed by atoms with E-state index in [1.807, 2.05) is 0 Å². The number of furan rings is 1. The molecule has 1 heterocycles. The lowest BCUT2D eigenvalue weighted by Gasteiger charge is -2.08. The number of carbonyl (C=O) groups excluding carboxylic acids is 1. The summed E-state index contributed by atoms with van der Waals surface area (Å²) in [7, 11) is 2.41. The molecule has 0 bridgehead atoms. The molecule has 4 nitrogen and oxygen atoms in total. The number of rotatable bonds is 2. The molecule has 0 atom stereocenters. The third kappa shape index (κ3) is 2.23. The largest absolute Gasteiger partial charge is 0.497 e. The molecule has 0 aliphatic carbocycles. The van der Waals surface area contributed by atoms with Crippen LogP contribution in [0.3, 0.4) is 0 Å². The number of benzene rings is 1. The van der Waals surface area contributed by atoms with Crippen molar-refractivity contribution in [3.63, 3.8) is 0 Å². The Kier molecular flexibility index (Phi) is 3.13. The summed E-state index contributed by atoms with van der Waals surface area (Å²) in [5, 5.41) is -0.333. The summed E-state index contributed by atoms with van der Waals surface area (Å²) in [6, 6.07) is 2.45. The Morgan fingerprint density at radius 3 is 2.47 bits per heavy atom. The van der Waals surface area contributed by atoms with Gasteiger partial charge in [-0.2, -0.15) is 13.2 Å². The summed E-state index contributed by atoms with van der Waals surface area (Å²) < 4.78 is 52.7. The van der Waals surface area contributed by atoms with Gasteiger partial charge in [0.05, 0.1) is 19.8 Å². The maximum atomic E-state index is 12.8. The molecule has 7 heteroatoms. The van der Waals surface area contributed by atoms with E-state index >= 15 is 0 Å². The second-order valence-electron chi connectivity index (χ2n) is 3.69. The highest BCUT2D eigenvalue weighted by atomic mass is 19.4. The number of fused-ring (bicyclic) bond motifs is 1. The Bertz CT molecular complexity index is 628. The lowest BCUT2D eigenvalue weighted by atomic mass is 10.1. The van der Waals surface area contributed by atoms with Crippen molar-refractivity contribution < 1.29 is 31.9 Å². The summed E-state index contributed by atoms with van der Waals surface area (Å²) in [4.78, 5) is 11.6. The highest BCUT2D eigenvalue weighted by molar-refractivity contribution is 6.05. The van der Waals surface area contributed by atoms with Crippen LogP contribution >= 0.6 is 0 Å². The molecule has 102 valence electrons. The number of hydrogen-bond donors (Lipinski definition) is 0. The van der Waals surface area contributed by atoms with Crippen LogP contribution in [0.15, 0.2) is 22.8 Å². The molecule has 1 aromatic heterocycles. The monoisotopic (exact) mass is 274 g/mol. The van der Waals surface area contributed by atoms with Gasteiger partial charge in [-0.25, -0.2) is 4.79 Å². The molecule has 2 aromatic rings. The first-order valence-electron chi connectivity index (χ1n) is 5.13. The Morgan fingerprint density at radius 2 is 1.95 bits per heavy atom. The summed E-state index contributed by atoms with van der Waals surface area (Å²) in [5.41, 5.74) is -1.37. The number of hydrogen-bond acceptors (Lipinski definition) is 4. The van der Waals surface area contributed by atoms with E-state index in [0.717, 1.165) is 7.11 Å². The van der Waals surface area contributed by atoms with Crippen LogP contribution in [-0.4, -0.2) is 20.2 Å². The second kappa shape index (κ2) is 4.49. The average Bonchev–Trinajstić information content (AvgIpc) is 2.79. The molecule has 0 N–H and O–H groups in total. The number of ether oxygens (including phenoxy) is 2. The Labute approximate surface area is 105 Å². The fourth-order valence-electron chi connectivity index (χ4n) is 1.74. The molecule has 1 aromatic carbocycles. The van der Waals surface area contributed by atoms with Gasteiger partial charge in [-0.15, -0.1) is 0 Å². The fraction of sp³-hybridized carbons (Fsp3) is 0.250. The minimum atomic E-state index is -4.62. The van der Waals surface area contributed by atoms with Gasteiger partial charge in [0.15, 0.2) is 0 Å². The Morgan fingerprint density at radius 1 is 1.26 bits per heavy atom. The molecule has 0 radical (unpaired) electrons. The van der Waals surface area contributed by atoms with Gasteiger partial charge in [0, 0.05) is 11.5 Å². The standard InChI is InChI=1S/C12H9F3O4/c1-17-6-3-7(11(16)18-2)10-8(12(13,14)15)5-19-9(10)4-6/h3-5H,1-2H3. The Balaban J connectivity index is 2.81. The molecule has 0 aliphatic heterocycles. The molecule has 0 fully saturated rings. The highest BCUT2D eigenvalue weighted by Crippen LogP contribution is 2.39. The lowest BCUT2D eigenvalue weighted by molar-refractivity contribution is -0.136. The molecular formula is C12H9F3O4. The van der Waals surface area contributed by atoms with Gasteiger partial charge in [0.1, 0.15) is 23.2 Å². The van der Waals surface area contributed by atoms with Crippen molar-refractivity contribution >= 4 is 16.9 Å². The predicted octanol–water partition coefficient (Wildman–Crippen LogP) is 3.25. The van der Waals surface area contributed by atoms with E-state index in [1.54, 1.807) is 0 Å². The van der Waals surface area contributed by atoms with Gasteiger partial charge < -0.3 is 13.9 Å². The first-order valence-corrected chi connectivity index (χ1v) is 5.13. The maximum absolute atomic E-state index is 12.8. The molecule has 0 aliphatic rings. The smallest absolute Gasteiger partial charge is 0.420 e. The van der Waals surface area contributed by atoms with Crippen LogP contribution < -0.4 is 4.74 Å². The van der Waals surface area contributed by atoms with Crippen molar-refractivity contribution in [2.75, 3.05) is 14.2 Å². The molecule has 0 unspecified atom stereocenters.